The van der Waals surface area contributed by atoms with Crippen LogP contribution in [-0.2, 0) is 6.42 Å². The number of ether oxygens (including phenoxy) is 2. The van der Waals surface area contributed by atoms with Crippen molar-refractivity contribution in [3.8, 4) is 11.5 Å². The summed E-state index contributed by atoms with van der Waals surface area (Å²) < 4.78 is 11.0. The van der Waals surface area contributed by atoms with Crippen LogP contribution in [0.3, 0.4) is 0 Å². The van der Waals surface area contributed by atoms with Gasteiger partial charge in [-0.2, -0.15) is 0 Å². The maximum Gasteiger partial charge on any atom is 0.193 e. The third-order valence-electron chi connectivity index (χ3n) is 3.48. The molecular weight excluding hydrogens is 266 g/mol. The first-order chi connectivity index (χ1) is 10.3. The highest BCUT2D eigenvalue weighted by atomic mass is 16.6. The van der Waals surface area contributed by atoms with Gasteiger partial charge in [-0.1, -0.05) is 24.3 Å². The van der Waals surface area contributed by atoms with Crippen molar-refractivity contribution in [2.45, 2.75) is 6.42 Å². The van der Waals surface area contributed by atoms with Crippen molar-refractivity contribution in [2.75, 3.05) is 19.8 Å². The first-order valence-electron chi connectivity index (χ1n) is 7.02. The van der Waals surface area contributed by atoms with Gasteiger partial charge in [0.15, 0.2) is 17.3 Å². The Hall–Kier alpha value is -2.33. The van der Waals surface area contributed by atoms with E-state index in [9.17, 15) is 4.79 Å². The number of hydrogen-bond donors (Lipinski definition) is 1. The number of carbonyl (C=O) groups is 1. The predicted molar refractivity (Wildman–Crippen MR) is 80.1 cm³/mol. The molecule has 108 valence electrons. The van der Waals surface area contributed by atoms with Crippen molar-refractivity contribution in [1.82, 2.24) is 0 Å². The zero-order valence-electron chi connectivity index (χ0n) is 11.7. The van der Waals surface area contributed by atoms with Gasteiger partial charge in [-0.15, -0.1) is 0 Å². The first-order valence-corrected chi connectivity index (χ1v) is 7.02. The van der Waals surface area contributed by atoms with Crippen LogP contribution in [0.5, 0.6) is 11.5 Å². The van der Waals surface area contributed by atoms with Crippen molar-refractivity contribution < 1.29 is 14.3 Å². The molecule has 1 aliphatic heterocycles. The monoisotopic (exact) mass is 283 g/mol. The molecular formula is C17H17NO3. The fraction of sp³-hybridized carbons (Fsp3) is 0.235. The molecule has 3 rings (SSSR count). The van der Waals surface area contributed by atoms with Gasteiger partial charge in [-0.25, -0.2) is 0 Å². The molecule has 0 saturated carbocycles. The van der Waals surface area contributed by atoms with Crippen LogP contribution >= 0.6 is 0 Å². The zero-order chi connectivity index (χ0) is 14.7. The van der Waals surface area contributed by atoms with E-state index in [0.717, 1.165) is 5.56 Å². The van der Waals surface area contributed by atoms with E-state index in [-0.39, 0.29) is 5.78 Å². The van der Waals surface area contributed by atoms with Crippen LogP contribution in [0.25, 0.3) is 0 Å². The van der Waals surface area contributed by atoms with E-state index in [4.69, 9.17) is 15.2 Å². The van der Waals surface area contributed by atoms with Crippen LogP contribution < -0.4 is 15.2 Å². The lowest BCUT2D eigenvalue weighted by Gasteiger charge is -2.18. The first kappa shape index (κ1) is 13.6. The van der Waals surface area contributed by atoms with Crippen molar-refractivity contribution in [3.05, 3.63) is 59.2 Å². The molecule has 1 heterocycles. The molecule has 0 bridgehead atoms. The van der Waals surface area contributed by atoms with Gasteiger partial charge in [0.2, 0.25) is 0 Å². The molecule has 2 aromatic rings. The minimum absolute atomic E-state index is 0.0176. The van der Waals surface area contributed by atoms with E-state index in [1.807, 2.05) is 24.3 Å². The standard InChI is InChI=1S/C17H17NO3/c18-8-7-12-3-1-2-4-14(12)17(19)13-5-6-15-16(11-13)21-10-9-20-15/h1-6,11H,7-10,18H2. The molecule has 21 heavy (non-hydrogen) atoms. The maximum absolute atomic E-state index is 12.7. The second-order valence-corrected chi connectivity index (χ2v) is 4.88. The number of carbonyl (C=O) groups excluding carboxylic acids is 1. The lowest BCUT2D eigenvalue weighted by Crippen LogP contribution is -2.16. The number of ketones is 1. The molecule has 0 fully saturated rings. The van der Waals surface area contributed by atoms with Gasteiger partial charge >= 0.3 is 0 Å². The minimum Gasteiger partial charge on any atom is -0.486 e. The van der Waals surface area contributed by atoms with E-state index < -0.39 is 0 Å². The quantitative estimate of drug-likeness (QED) is 0.874. The van der Waals surface area contributed by atoms with Gasteiger partial charge in [0.25, 0.3) is 0 Å². The lowest BCUT2D eigenvalue weighted by molar-refractivity contribution is 0.103. The van der Waals surface area contributed by atoms with Crippen molar-refractivity contribution in [1.29, 1.82) is 0 Å². The second kappa shape index (κ2) is 5.97. The van der Waals surface area contributed by atoms with E-state index in [1.54, 1.807) is 18.2 Å². The van der Waals surface area contributed by atoms with Crippen LogP contribution in [0.2, 0.25) is 0 Å². The molecule has 0 saturated heterocycles. The Labute approximate surface area is 123 Å². The minimum atomic E-state index is -0.0176. The Bertz CT molecular complexity index is 667. The number of benzene rings is 2. The van der Waals surface area contributed by atoms with E-state index in [2.05, 4.69) is 0 Å². The molecule has 2 aromatic carbocycles. The van der Waals surface area contributed by atoms with E-state index in [1.165, 1.54) is 0 Å². The van der Waals surface area contributed by atoms with Gasteiger partial charge in [0, 0.05) is 11.1 Å². The third-order valence-corrected chi connectivity index (χ3v) is 3.48. The smallest absolute Gasteiger partial charge is 0.193 e. The second-order valence-electron chi connectivity index (χ2n) is 4.88. The lowest BCUT2D eigenvalue weighted by atomic mass is 9.96. The van der Waals surface area contributed by atoms with Gasteiger partial charge in [-0.05, 0) is 36.7 Å². The molecule has 0 amide bonds. The molecule has 4 nitrogen and oxygen atoms in total. The highest BCUT2D eigenvalue weighted by Crippen LogP contribution is 2.31. The average molecular weight is 283 g/mol. The summed E-state index contributed by atoms with van der Waals surface area (Å²) in [6.45, 7) is 1.57. The van der Waals surface area contributed by atoms with Gasteiger partial charge in [0.05, 0.1) is 0 Å². The van der Waals surface area contributed by atoms with Crippen molar-refractivity contribution >= 4 is 5.78 Å². The average Bonchev–Trinajstić information content (AvgIpc) is 2.54. The van der Waals surface area contributed by atoms with Crippen molar-refractivity contribution in [2.24, 2.45) is 5.73 Å². The van der Waals surface area contributed by atoms with E-state index in [0.29, 0.717) is 48.8 Å². The fourth-order valence-corrected chi connectivity index (χ4v) is 2.46. The van der Waals surface area contributed by atoms with Crippen LogP contribution in [0.4, 0.5) is 0 Å². The summed E-state index contributed by atoms with van der Waals surface area (Å²) >= 11 is 0. The molecule has 0 aliphatic carbocycles. The molecule has 0 atom stereocenters. The summed E-state index contributed by atoms with van der Waals surface area (Å²) in [6.07, 6.45) is 0.687. The Morgan fingerprint density at radius 2 is 1.81 bits per heavy atom. The molecule has 0 spiro atoms. The topological polar surface area (TPSA) is 61.6 Å². The normalized spacial score (nSPS) is 13.0. The number of fused-ring (bicyclic) bond motifs is 1. The predicted octanol–water partition coefficient (Wildman–Crippen LogP) is 2.19. The number of hydrogen-bond acceptors (Lipinski definition) is 4. The summed E-state index contributed by atoms with van der Waals surface area (Å²) in [5.74, 6) is 1.30. The largest absolute Gasteiger partial charge is 0.486 e. The Morgan fingerprint density at radius 3 is 2.62 bits per heavy atom. The molecule has 0 radical (unpaired) electrons. The highest BCUT2D eigenvalue weighted by molar-refractivity contribution is 6.10. The summed E-state index contributed by atoms with van der Waals surface area (Å²) in [5, 5.41) is 0. The number of rotatable bonds is 4. The van der Waals surface area contributed by atoms with Crippen LogP contribution in [0.1, 0.15) is 21.5 Å². The molecule has 0 aromatic heterocycles. The molecule has 0 unspecified atom stereocenters. The van der Waals surface area contributed by atoms with Gasteiger partial charge in [0.1, 0.15) is 13.2 Å². The fourth-order valence-electron chi connectivity index (χ4n) is 2.46. The molecule has 1 aliphatic rings. The molecule has 4 heteroatoms. The Balaban J connectivity index is 1.95. The summed E-state index contributed by atoms with van der Waals surface area (Å²) in [7, 11) is 0. The number of nitrogens with two attached hydrogens (primary N) is 1. The van der Waals surface area contributed by atoms with Crippen molar-refractivity contribution in [3.63, 3.8) is 0 Å². The summed E-state index contributed by atoms with van der Waals surface area (Å²) in [4.78, 5) is 12.7. The molecule has 2 N–H and O–H groups in total. The maximum atomic E-state index is 12.7. The van der Waals surface area contributed by atoms with E-state index >= 15 is 0 Å². The SMILES string of the molecule is NCCc1ccccc1C(=O)c1ccc2c(c1)OCCO2. The van der Waals surface area contributed by atoms with Crippen LogP contribution in [0.15, 0.2) is 42.5 Å². The summed E-state index contributed by atoms with van der Waals surface area (Å²) in [6, 6.07) is 12.9. The third kappa shape index (κ3) is 2.76. The van der Waals surface area contributed by atoms with Crippen LogP contribution in [0, 0.1) is 0 Å². The van der Waals surface area contributed by atoms with Crippen LogP contribution in [-0.4, -0.2) is 25.5 Å². The Morgan fingerprint density at radius 1 is 1.05 bits per heavy atom. The zero-order valence-corrected chi connectivity index (χ0v) is 11.7. The summed E-state index contributed by atoms with van der Waals surface area (Å²) in [5.41, 5.74) is 7.88. The highest BCUT2D eigenvalue weighted by Gasteiger charge is 2.17. The van der Waals surface area contributed by atoms with Gasteiger partial charge < -0.3 is 15.2 Å². The van der Waals surface area contributed by atoms with Gasteiger partial charge in [-0.3, -0.25) is 4.79 Å². The Kier molecular flexibility index (Phi) is 3.88.